The topological polar surface area (TPSA) is 64.6 Å². The predicted molar refractivity (Wildman–Crippen MR) is 149 cm³/mol. The van der Waals surface area contributed by atoms with E-state index in [0.717, 1.165) is 49.4 Å². The number of fused-ring (bicyclic) bond motifs is 7. The first kappa shape index (κ1) is 23.7. The van der Waals surface area contributed by atoms with Crippen LogP contribution in [0.5, 0.6) is 0 Å². The molecule has 0 unspecified atom stereocenters. The second-order valence-corrected chi connectivity index (χ2v) is 9.76. The first-order valence-electron chi connectivity index (χ1n) is 12.7. The maximum absolute atomic E-state index is 13.5. The van der Waals surface area contributed by atoms with Crippen LogP contribution in [0.2, 0.25) is 0 Å². The molecule has 0 bridgehead atoms. The van der Waals surface area contributed by atoms with E-state index < -0.39 is 17.6 Å². The molecule has 0 spiro atoms. The van der Waals surface area contributed by atoms with Crippen molar-refractivity contribution in [2.45, 2.75) is 25.0 Å². The minimum atomic E-state index is -1.34. The minimum Gasteiger partial charge on any atom is -0.467 e. The van der Waals surface area contributed by atoms with E-state index in [-0.39, 0.29) is 19.4 Å². The van der Waals surface area contributed by atoms with Crippen LogP contribution in [0.1, 0.15) is 16.7 Å². The lowest BCUT2D eigenvalue weighted by Crippen LogP contribution is -2.58. The van der Waals surface area contributed by atoms with Gasteiger partial charge in [-0.25, -0.2) is 9.59 Å². The number of methoxy groups -OCH3 is 1. The van der Waals surface area contributed by atoms with Gasteiger partial charge < -0.3 is 14.8 Å². The lowest BCUT2D eigenvalue weighted by molar-refractivity contribution is -0.148. The average Bonchev–Trinajstić information content (AvgIpc) is 3.11. The molecule has 5 aromatic carbocycles. The smallest absolute Gasteiger partial charge is 0.408 e. The highest BCUT2D eigenvalue weighted by Crippen LogP contribution is 2.44. The summed E-state index contributed by atoms with van der Waals surface area (Å²) in [6, 6.07) is 34.3. The summed E-state index contributed by atoms with van der Waals surface area (Å²) in [5.74, 6) is -0.505. The van der Waals surface area contributed by atoms with E-state index in [1.165, 1.54) is 7.11 Å². The molecule has 0 saturated heterocycles. The average molecular weight is 502 g/mol. The maximum Gasteiger partial charge on any atom is 0.408 e. The van der Waals surface area contributed by atoms with Crippen LogP contribution in [0.25, 0.3) is 32.7 Å². The molecule has 5 heteroatoms. The van der Waals surface area contributed by atoms with Gasteiger partial charge in [0.25, 0.3) is 0 Å². The van der Waals surface area contributed by atoms with Gasteiger partial charge in [0.15, 0.2) is 0 Å². The van der Waals surface area contributed by atoms with Crippen LogP contribution in [-0.2, 0) is 33.7 Å². The summed E-state index contributed by atoms with van der Waals surface area (Å²) in [6.45, 7) is 0.104. The molecule has 0 aliphatic heterocycles. The van der Waals surface area contributed by atoms with E-state index in [2.05, 4.69) is 53.8 Å². The fourth-order valence-corrected chi connectivity index (χ4v) is 5.66. The van der Waals surface area contributed by atoms with Gasteiger partial charge in [-0.3, -0.25) is 0 Å². The Kier molecular flexibility index (Phi) is 6.04. The number of alkyl carbamates (subject to hydrolysis) is 1. The molecule has 1 amide bonds. The van der Waals surface area contributed by atoms with Gasteiger partial charge in [-0.05, 0) is 49.4 Å². The first-order chi connectivity index (χ1) is 18.6. The van der Waals surface area contributed by atoms with E-state index in [1.807, 2.05) is 54.6 Å². The Balaban J connectivity index is 1.51. The Morgan fingerprint density at radius 3 is 1.79 bits per heavy atom. The largest absolute Gasteiger partial charge is 0.467 e. The zero-order valence-corrected chi connectivity index (χ0v) is 21.1. The lowest BCUT2D eigenvalue weighted by atomic mass is 9.86. The molecule has 38 heavy (non-hydrogen) atoms. The molecule has 5 aromatic rings. The Bertz CT molecular complexity index is 1590. The SMILES string of the molecule is COC(=O)C1(NC(=O)OCc2ccccc2)Cc2ccc3ccccc3c2-c2c(ccc3ccccc23)C1. The van der Waals surface area contributed by atoms with Crippen LogP contribution in [0, 0.1) is 0 Å². The third-order valence-corrected chi connectivity index (χ3v) is 7.40. The maximum atomic E-state index is 13.5. The number of amides is 1. The van der Waals surface area contributed by atoms with Crippen molar-refractivity contribution in [3.8, 4) is 11.1 Å². The second-order valence-electron chi connectivity index (χ2n) is 9.76. The van der Waals surface area contributed by atoms with Gasteiger partial charge in [0.2, 0.25) is 0 Å². The van der Waals surface area contributed by atoms with Crippen molar-refractivity contribution in [3.63, 3.8) is 0 Å². The summed E-state index contributed by atoms with van der Waals surface area (Å²) in [6.07, 6.45) is -0.127. The molecule has 1 aliphatic rings. The molecule has 0 heterocycles. The number of hydrogen-bond donors (Lipinski definition) is 1. The zero-order valence-electron chi connectivity index (χ0n) is 21.1. The van der Waals surface area contributed by atoms with Gasteiger partial charge in [0.1, 0.15) is 12.1 Å². The molecular formula is C33H27NO4. The van der Waals surface area contributed by atoms with Gasteiger partial charge >= 0.3 is 12.1 Å². The summed E-state index contributed by atoms with van der Waals surface area (Å²) in [4.78, 5) is 26.6. The normalized spacial score (nSPS) is 13.7. The third kappa shape index (κ3) is 4.16. The molecule has 0 aromatic heterocycles. The standard InChI is InChI=1S/C33H27NO4/c1-37-31(35)33(34-32(36)38-21-22-9-3-2-4-10-22)19-25-17-15-23-11-5-7-13-27(23)29(25)30-26(20-33)18-16-24-12-6-8-14-28(24)30/h2-18H,19-21H2,1H3,(H,34,36). The Hall–Kier alpha value is -4.64. The van der Waals surface area contributed by atoms with Crippen molar-refractivity contribution in [3.05, 3.63) is 120 Å². The van der Waals surface area contributed by atoms with Gasteiger partial charge in [-0.15, -0.1) is 0 Å². The highest BCUT2D eigenvalue weighted by Gasteiger charge is 2.45. The van der Waals surface area contributed by atoms with Gasteiger partial charge in [0.05, 0.1) is 7.11 Å². The minimum absolute atomic E-state index is 0.104. The van der Waals surface area contributed by atoms with E-state index in [1.54, 1.807) is 0 Å². The van der Waals surface area contributed by atoms with Crippen molar-refractivity contribution in [2.24, 2.45) is 0 Å². The molecule has 1 aliphatic carbocycles. The van der Waals surface area contributed by atoms with Crippen molar-refractivity contribution in [1.82, 2.24) is 5.32 Å². The first-order valence-corrected chi connectivity index (χ1v) is 12.7. The number of nitrogens with one attached hydrogen (secondary N) is 1. The number of benzene rings is 5. The molecule has 1 N–H and O–H groups in total. The van der Waals surface area contributed by atoms with Crippen LogP contribution in [0.4, 0.5) is 4.79 Å². The van der Waals surface area contributed by atoms with E-state index >= 15 is 0 Å². The summed E-state index contributed by atoms with van der Waals surface area (Å²) in [5, 5.41) is 7.38. The molecule has 0 fully saturated rings. The van der Waals surface area contributed by atoms with Crippen LogP contribution >= 0.6 is 0 Å². The predicted octanol–water partition coefficient (Wildman–Crippen LogP) is 6.60. The third-order valence-electron chi connectivity index (χ3n) is 7.40. The second kappa shape index (κ2) is 9.67. The molecule has 6 rings (SSSR count). The van der Waals surface area contributed by atoms with Crippen molar-refractivity contribution in [2.75, 3.05) is 7.11 Å². The molecule has 188 valence electrons. The van der Waals surface area contributed by atoms with E-state index in [4.69, 9.17) is 9.47 Å². The Morgan fingerprint density at radius 2 is 1.24 bits per heavy atom. The quantitative estimate of drug-likeness (QED) is 0.282. The summed E-state index contributed by atoms with van der Waals surface area (Å²) in [7, 11) is 1.36. The number of esters is 1. The fraction of sp³-hybridized carbons (Fsp3) is 0.152. The summed E-state index contributed by atoms with van der Waals surface area (Å²) in [5.41, 5.74) is 3.62. The van der Waals surface area contributed by atoms with Crippen LogP contribution in [0.3, 0.4) is 0 Å². The van der Waals surface area contributed by atoms with Crippen molar-refractivity contribution < 1.29 is 19.1 Å². The number of carbonyl (C=O) groups is 2. The van der Waals surface area contributed by atoms with Gasteiger partial charge in [-0.1, -0.05) is 103 Å². The van der Waals surface area contributed by atoms with Crippen molar-refractivity contribution >= 4 is 33.6 Å². The fourth-order valence-electron chi connectivity index (χ4n) is 5.66. The highest BCUT2D eigenvalue weighted by molar-refractivity contribution is 6.08. The monoisotopic (exact) mass is 501 g/mol. The van der Waals surface area contributed by atoms with Crippen LogP contribution in [0.15, 0.2) is 103 Å². The number of ether oxygens (including phenoxy) is 2. The molecule has 0 radical (unpaired) electrons. The molecular weight excluding hydrogens is 474 g/mol. The molecule has 0 saturated carbocycles. The van der Waals surface area contributed by atoms with Crippen LogP contribution < -0.4 is 5.32 Å². The highest BCUT2D eigenvalue weighted by atomic mass is 16.6. The van der Waals surface area contributed by atoms with E-state index in [0.29, 0.717) is 0 Å². The molecule has 0 atom stereocenters. The Labute approximate surface area is 221 Å². The van der Waals surface area contributed by atoms with Crippen LogP contribution in [-0.4, -0.2) is 24.7 Å². The van der Waals surface area contributed by atoms with E-state index in [9.17, 15) is 9.59 Å². The molecule has 5 nitrogen and oxygen atoms in total. The lowest BCUT2D eigenvalue weighted by Gasteiger charge is -2.31. The number of carbonyl (C=O) groups excluding carboxylic acids is 2. The van der Waals surface area contributed by atoms with Gasteiger partial charge in [0, 0.05) is 12.8 Å². The van der Waals surface area contributed by atoms with Gasteiger partial charge in [-0.2, -0.15) is 0 Å². The summed E-state index contributed by atoms with van der Waals surface area (Å²) < 4.78 is 10.9. The van der Waals surface area contributed by atoms with Crippen molar-refractivity contribution in [1.29, 1.82) is 0 Å². The zero-order chi connectivity index (χ0) is 26.1. The Morgan fingerprint density at radius 1 is 0.711 bits per heavy atom. The summed E-state index contributed by atoms with van der Waals surface area (Å²) >= 11 is 0. The number of hydrogen-bond acceptors (Lipinski definition) is 4. The number of rotatable bonds is 4.